The molecule has 29 heavy (non-hydrogen) atoms. The summed E-state index contributed by atoms with van der Waals surface area (Å²) < 4.78 is 0. The number of benzene rings is 3. The summed E-state index contributed by atoms with van der Waals surface area (Å²) >= 11 is 0. The van der Waals surface area contributed by atoms with Crippen molar-refractivity contribution >= 4 is 29.1 Å². The van der Waals surface area contributed by atoms with E-state index in [1.807, 2.05) is 12.1 Å². The predicted molar refractivity (Wildman–Crippen MR) is 121 cm³/mol. The van der Waals surface area contributed by atoms with Gasteiger partial charge in [0.1, 0.15) is 0 Å². The van der Waals surface area contributed by atoms with Gasteiger partial charge in [-0.2, -0.15) is 0 Å². The fourth-order valence-corrected chi connectivity index (χ4v) is 4.59. The maximum absolute atomic E-state index is 10.8. The van der Waals surface area contributed by atoms with Gasteiger partial charge >= 0.3 is 5.97 Å². The molecular formula is C25H28ClNO2. The first-order valence-corrected chi connectivity index (χ1v) is 10.1. The van der Waals surface area contributed by atoms with Gasteiger partial charge < -0.3 is 10.4 Å². The van der Waals surface area contributed by atoms with E-state index in [0.29, 0.717) is 18.0 Å². The molecule has 1 fully saturated rings. The number of rotatable bonds is 6. The second-order valence-corrected chi connectivity index (χ2v) is 7.98. The third-order valence-electron chi connectivity index (χ3n) is 6.01. The quantitative estimate of drug-likeness (QED) is 0.534. The average molecular weight is 410 g/mol. The van der Waals surface area contributed by atoms with Gasteiger partial charge in [-0.15, -0.1) is 12.4 Å². The summed E-state index contributed by atoms with van der Waals surface area (Å²) in [6.07, 6.45) is 3.58. The van der Waals surface area contributed by atoms with Crippen LogP contribution in [0.5, 0.6) is 0 Å². The summed E-state index contributed by atoms with van der Waals surface area (Å²) in [4.78, 5) is 10.8. The van der Waals surface area contributed by atoms with Crippen LogP contribution in [-0.2, 0) is 11.2 Å². The van der Waals surface area contributed by atoms with E-state index in [9.17, 15) is 4.79 Å². The van der Waals surface area contributed by atoms with E-state index in [-0.39, 0.29) is 18.8 Å². The van der Waals surface area contributed by atoms with E-state index in [2.05, 4.69) is 66.8 Å². The normalized spacial score (nSPS) is 19.6. The Kier molecular flexibility index (Phi) is 6.94. The van der Waals surface area contributed by atoms with Crippen LogP contribution in [0.15, 0.2) is 66.7 Å². The SMILES string of the molecule is C[C@@H](N[C@H]1CC[C@@H](c2ccc(CC(=O)O)cc2)C1)c1cccc2ccccc12.Cl. The van der Waals surface area contributed by atoms with Gasteiger partial charge in [0.25, 0.3) is 0 Å². The van der Waals surface area contributed by atoms with E-state index in [1.165, 1.54) is 34.7 Å². The van der Waals surface area contributed by atoms with Gasteiger partial charge in [0.2, 0.25) is 0 Å². The molecule has 0 aromatic heterocycles. The smallest absolute Gasteiger partial charge is 0.307 e. The first-order valence-electron chi connectivity index (χ1n) is 10.1. The van der Waals surface area contributed by atoms with Crippen molar-refractivity contribution in [3.8, 4) is 0 Å². The lowest BCUT2D eigenvalue weighted by Crippen LogP contribution is -2.29. The van der Waals surface area contributed by atoms with E-state index in [0.717, 1.165) is 12.0 Å². The van der Waals surface area contributed by atoms with Gasteiger partial charge in [0.15, 0.2) is 0 Å². The molecule has 1 aliphatic rings. The Balaban J connectivity index is 0.00000240. The number of carboxylic acid groups (broad SMARTS) is 1. The second kappa shape index (κ2) is 9.43. The summed E-state index contributed by atoms with van der Waals surface area (Å²) in [5.74, 6) is -0.226. The van der Waals surface area contributed by atoms with Crippen molar-refractivity contribution in [3.63, 3.8) is 0 Å². The molecule has 4 rings (SSSR count). The molecule has 3 atom stereocenters. The Morgan fingerprint density at radius 3 is 2.52 bits per heavy atom. The number of aliphatic carboxylic acids is 1. The fraction of sp³-hybridized carbons (Fsp3) is 0.320. The van der Waals surface area contributed by atoms with Crippen LogP contribution in [0.3, 0.4) is 0 Å². The minimum absolute atomic E-state index is 0. The molecule has 0 bridgehead atoms. The van der Waals surface area contributed by atoms with Gasteiger partial charge in [0.05, 0.1) is 6.42 Å². The molecule has 3 aromatic carbocycles. The lowest BCUT2D eigenvalue weighted by atomic mass is 9.95. The Morgan fingerprint density at radius 1 is 1.03 bits per heavy atom. The molecule has 1 aliphatic carbocycles. The number of fused-ring (bicyclic) bond motifs is 1. The van der Waals surface area contributed by atoms with Crippen molar-refractivity contribution in [2.75, 3.05) is 0 Å². The molecule has 1 saturated carbocycles. The number of hydrogen-bond acceptors (Lipinski definition) is 2. The van der Waals surface area contributed by atoms with E-state index in [4.69, 9.17) is 5.11 Å². The van der Waals surface area contributed by atoms with E-state index >= 15 is 0 Å². The van der Waals surface area contributed by atoms with Gasteiger partial charge in [-0.25, -0.2) is 0 Å². The van der Waals surface area contributed by atoms with E-state index < -0.39 is 5.97 Å². The Bertz CT molecular complexity index is 965. The Labute approximate surface area is 178 Å². The van der Waals surface area contributed by atoms with Gasteiger partial charge in [0, 0.05) is 12.1 Å². The monoisotopic (exact) mass is 409 g/mol. The number of hydrogen-bond donors (Lipinski definition) is 2. The highest BCUT2D eigenvalue weighted by Crippen LogP contribution is 2.36. The summed E-state index contributed by atoms with van der Waals surface area (Å²) in [6.45, 7) is 2.26. The topological polar surface area (TPSA) is 49.3 Å². The largest absolute Gasteiger partial charge is 0.481 e. The van der Waals surface area contributed by atoms with Gasteiger partial charge in [-0.3, -0.25) is 4.79 Å². The van der Waals surface area contributed by atoms with Crippen LogP contribution in [0.25, 0.3) is 10.8 Å². The molecule has 3 nitrogen and oxygen atoms in total. The van der Waals surface area contributed by atoms with Crippen LogP contribution in [0.4, 0.5) is 0 Å². The van der Waals surface area contributed by atoms with E-state index in [1.54, 1.807) is 0 Å². The fourth-order valence-electron chi connectivity index (χ4n) is 4.59. The zero-order chi connectivity index (χ0) is 19.5. The lowest BCUT2D eigenvalue weighted by Gasteiger charge is -2.21. The maximum Gasteiger partial charge on any atom is 0.307 e. The second-order valence-electron chi connectivity index (χ2n) is 7.98. The van der Waals surface area contributed by atoms with Crippen LogP contribution in [0, 0.1) is 0 Å². The minimum Gasteiger partial charge on any atom is -0.481 e. The standard InChI is InChI=1S/C25H27NO2.ClH/c1-17(23-8-4-6-20-5-2-3-7-24(20)23)26-22-14-13-21(16-22)19-11-9-18(10-12-19)15-25(27)28;/h2-12,17,21-22,26H,13-16H2,1H3,(H,27,28);1H/t17-,21-,22+;/m1./s1. The van der Waals surface area contributed by atoms with Crippen LogP contribution < -0.4 is 5.32 Å². The van der Waals surface area contributed by atoms with Crippen molar-refractivity contribution < 1.29 is 9.90 Å². The maximum atomic E-state index is 10.8. The van der Waals surface area contributed by atoms with Crippen LogP contribution in [0.1, 0.15) is 54.8 Å². The Hall–Kier alpha value is -2.36. The molecule has 0 radical (unpaired) electrons. The molecule has 0 saturated heterocycles. The van der Waals surface area contributed by atoms with Crippen molar-refractivity contribution in [2.24, 2.45) is 0 Å². The highest BCUT2D eigenvalue weighted by molar-refractivity contribution is 5.86. The number of carboxylic acids is 1. The van der Waals surface area contributed by atoms with Crippen molar-refractivity contribution in [1.82, 2.24) is 5.32 Å². The third-order valence-corrected chi connectivity index (χ3v) is 6.01. The summed E-state index contributed by atoms with van der Waals surface area (Å²) in [5, 5.41) is 15.4. The molecule has 2 N–H and O–H groups in total. The number of carbonyl (C=O) groups is 1. The highest BCUT2D eigenvalue weighted by atomic mass is 35.5. The predicted octanol–water partition coefficient (Wildman–Crippen LogP) is 5.88. The first-order chi connectivity index (χ1) is 13.6. The van der Waals surface area contributed by atoms with Crippen molar-refractivity contribution in [3.05, 3.63) is 83.4 Å². The number of halogens is 1. The van der Waals surface area contributed by atoms with Gasteiger partial charge in [-0.1, -0.05) is 66.7 Å². The molecule has 0 aliphatic heterocycles. The van der Waals surface area contributed by atoms with Gasteiger partial charge in [-0.05, 0) is 59.6 Å². The number of nitrogens with one attached hydrogen (secondary N) is 1. The molecule has 4 heteroatoms. The molecule has 0 amide bonds. The molecule has 152 valence electrons. The van der Waals surface area contributed by atoms with Crippen molar-refractivity contribution in [2.45, 2.75) is 50.6 Å². The zero-order valence-electron chi connectivity index (χ0n) is 16.7. The van der Waals surface area contributed by atoms with Crippen molar-refractivity contribution in [1.29, 1.82) is 0 Å². The highest BCUT2D eigenvalue weighted by Gasteiger charge is 2.27. The van der Waals surface area contributed by atoms with Crippen LogP contribution >= 0.6 is 12.4 Å². The lowest BCUT2D eigenvalue weighted by molar-refractivity contribution is -0.136. The molecule has 0 spiro atoms. The first kappa shape index (κ1) is 21.4. The molecule has 0 heterocycles. The minimum atomic E-state index is -0.777. The molecular weight excluding hydrogens is 382 g/mol. The summed E-state index contributed by atoms with van der Waals surface area (Å²) in [5.41, 5.74) is 3.56. The van der Waals surface area contributed by atoms with Crippen LogP contribution in [-0.4, -0.2) is 17.1 Å². The zero-order valence-corrected chi connectivity index (χ0v) is 17.5. The molecule has 3 aromatic rings. The molecule has 0 unspecified atom stereocenters. The third kappa shape index (κ3) is 4.98. The summed E-state index contributed by atoms with van der Waals surface area (Å²) in [6, 6.07) is 24.1. The summed E-state index contributed by atoms with van der Waals surface area (Å²) in [7, 11) is 0. The Morgan fingerprint density at radius 2 is 1.76 bits per heavy atom. The van der Waals surface area contributed by atoms with Crippen LogP contribution in [0.2, 0.25) is 0 Å². The average Bonchev–Trinajstić information content (AvgIpc) is 3.16.